The van der Waals surface area contributed by atoms with Crippen molar-refractivity contribution in [3.05, 3.63) is 149 Å². The zero-order valence-electron chi connectivity index (χ0n) is 27.7. The van der Waals surface area contributed by atoms with Crippen LogP contribution in [0.15, 0.2) is 136 Å². The second kappa shape index (κ2) is 15.8. The molecular weight excluding hydrogens is 752 g/mol. The molecule has 0 radical (unpaired) electrons. The van der Waals surface area contributed by atoms with Crippen molar-refractivity contribution >= 4 is 61.0 Å². The van der Waals surface area contributed by atoms with Crippen molar-refractivity contribution in [1.82, 2.24) is 0 Å². The van der Waals surface area contributed by atoms with Crippen molar-refractivity contribution in [2.75, 3.05) is 22.9 Å². The third kappa shape index (κ3) is 9.50. The lowest BCUT2D eigenvalue weighted by molar-refractivity contribution is 0.482. The predicted molar refractivity (Wildman–Crippen MR) is 202 cm³/mol. The number of nitrogens with zero attached hydrogens (tertiary/aromatic N) is 2. The van der Waals surface area contributed by atoms with Gasteiger partial charge in [-0.15, -0.1) is 0 Å². The molecule has 0 heterocycles. The van der Waals surface area contributed by atoms with Gasteiger partial charge in [0.15, 0.2) is 0 Å². The Hall–Kier alpha value is -3.91. The van der Waals surface area contributed by atoms with Gasteiger partial charge in [-0.25, -0.2) is 16.8 Å². The normalized spacial score (nSPS) is 12.2. The molecule has 0 aliphatic heterocycles. The zero-order valence-corrected chi connectivity index (χ0v) is 31.7. The average molecular weight is 788 g/mol. The fourth-order valence-corrected chi connectivity index (χ4v) is 8.44. The number of hydrogen-bond acceptors (Lipinski definition) is 8. The second-order valence-corrected chi connectivity index (χ2v) is 18.3. The first-order chi connectivity index (χ1) is 24.1. The Morgan fingerprint density at radius 2 is 0.980 bits per heavy atom. The summed E-state index contributed by atoms with van der Waals surface area (Å²) < 4.78 is 82.9. The summed E-state index contributed by atoms with van der Waals surface area (Å²) in [6.07, 6.45) is 0. The first kappa shape index (κ1) is 38.3. The van der Waals surface area contributed by atoms with Gasteiger partial charge in [-0.05, 0) is 96.3 Å². The summed E-state index contributed by atoms with van der Waals surface area (Å²) in [6.45, 7) is 6.05. The Balaban J connectivity index is 1.49. The summed E-state index contributed by atoms with van der Waals surface area (Å²) in [6, 6.07) is 34.6. The molecule has 0 fully saturated rings. The molecule has 14 heteroatoms. The number of halogens is 2. The summed E-state index contributed by atoms with van der Waals surface area (Å²) in [5.74, 6) is -0.576. The van der Waals surface area contributed by atoms with E-state index in [1.54, 1.807) is 42.5 Å². The maximum Gasteiger partial charge on any atom is 0.294 e. The van der Waals surface area contributed by atoms with Gasteiger partial charge >= 0.3 is 0 Å². The molecule has 51 heavy (non-hydrogen) atoms. The van der Waals surface area contributed by atoms with Crippen molar-refractivity contribution in [2.45, 2.75) is 47.5 Å². The van der Waals surface area contributed by atoms with Crippen LogP contribution in [0, 0.1) is 0 Å². The smallest absolute Gasteiger partial charge is 0.294 e. The minimum absolute atomic E-state index is 0.0254. The van der Waals surface area contributed by atoms with Crippen LogP contribution in [0.5, 0.6) is 0 Å². The predicted octanol–water partition coefficient (Wildman–Crippen LogP) is 8.02. The average Bonchev–Trinajstić information content (AvgIpc) is 3.10. The van der Waals surface area contributed by atoms with Crippen LogP contribution in [0.2, 0.25) is 0 Å². The summed E-state index contributed by atoms with van der Waals surface area (Å²) >= 11 is 0. The highest BCUT2D eigenvalue weighted by Gasteiger charge is 2.25. The summed E-state index contributed by atoms with van der Waals surface area (Å²) in [5, 5.41) is 0. The molecule has 0 bridgehead atoms. The van der Waals surface area contributed by atoms with Crippen LogP contribution in [0.25, 0.3) is 0 Å². The monoisotopic (exact) mass is 786 g/mol. The van der Waals surface area contributed by atoms with Crippen LogP contribution in [0.4, 0.5) is 11.4 Å². The summed E-state index contributed by atoms with van der Waals surface area (Å²) in [7, 11) is -1.18. The van der Waals surface area contributed by atoms with Crippen LogP contribution in [-0.2, 0) is 41.3 Å². The summed E-state index contributed by atoms with van der Waals surface area (Å²) in [4.78, 5) is 3.99. The van der Waals surface area contributed by atoms with E-state index >= 15 is 0 Å². The van der Waals surface area contributed by atoms with Crippen molar-refractivity contribution in [3.63, 3.8) is 0 Å². The Kier molecular flexibility index (Phi) is 11.8. The van der Waals surface area contributed by atoms with Gasteiger partial charge in [0.1, 0.15) is 0 Å². The quantitative estimate of drug-likeness (QED) is 0.0676. The highest BCUT2D eigenvalue weighted by Crippen LogP contribution is 2.37. The molecule has 0 aliphatic carbocycles. The van der Waals surface area contributed by atoms with Crippen LogP contribution >= 0.6 is 21.4 Å². The first-order valence-corrected chi connectivity index (χ1v) is 22.0. The molecule has 0 atom stereocenters. The van der Waals surface area contributed by atoms with E-state index in [9.17, 15) is 29.8 Å². The fraction of sp³-hybridized carbons (Fsp3) is 0.189. The van der Waals surface area contributed by atoms with Gasteiger partial charge in [-0.2, -0.15) is 8.42 Å². The van der Waals surface area contributed by atoms with Crippen LogP contribution in [0.3, 0.4) is 0 Å². The molecule has 268 valence electrons. The third-order valence-corrected chi connectivity index (χ3v) is 12.2. The number of benzene rings is 5. The molecule has 9 nitrogen and oxygen atoms in total. The second-order valence-electron chi connectivity index (χ2n) is 11.8. The van der Waals surface area contributed by atoms with Gasteiger partial charge in [0.05, 0.1) is 14.7 Å². The lowest BCUT2D eigenvalue weighted by Gasteiger charge is -2.26. The van der Waals surface area contributed by atoms with Crippen molar-refractivity contribution in [1.29, 1.82) is 0 Å². The van der Waals surface area contributed by atoms with E-state index in [0.717, 1.165) is 33.6 Å². The standard InChI is InChI=1S/C37H36Cl2N2O7S3/c1-3-40(25-27-9-7-11-33(23-27)49(38,42)43)31-19-15-29(16-20-31)37(35-13-5-6-14-36(35)51(46,47)48)30-17-21-32(22-18-30)41(4-2)26-28-10-8-12-34(24-28)50(39,44)45/h5-24,37H,3-4,25-26H2,1-2H3,(H,46,47,48). The summed E-state index contributed by atoms with van der Waals surface area (Å²) in [5.41, 5.74) is 5.21. The number of hydrogen-bond donors (Lipinski definition) is 1. The minimum atomic E-state index is -4.56. The van der Waals surface area contributed by atoms with E-state index < -0.39 is 34.1 Å². The van der Waals surface area contributed by atoms with Crippen LogP contribution in [0.1, 0.15) is 47.6 Å². The fourth-order valence-electron chi connectivity index (χ4n) is 6.06. The van der Waals surface area contributed by atoms with E-state index in [2.05, 4.69) is 9.80 Å². The molecule has 1 N–H and O–H groups in total. The molecule has 5 aromatic rings. The minimum Gasteiger partial charge on any atom is -0.367 e. The SMILES string of the molecule is CCN(Cc1cccc(S(=O)(=O)Cl)c1)c1ccc(C(c2ccc(N(CC)Cc3cccc(S(=O)(=O)Cl)c3)cc2)c2ccccc2S(=O)(=O)O)cc1. The van der Waals surface area contributed by atoms with Crippen LogP contribution in [-0.4, -0.2) is 42.9 Å². The topological polar surface area (TPSA) is 129 Å². The Morgan fingerprint density at radius 3 is 1.35 bits per heavy atom. The van der Waals surface area contributed by atoms with E-state index in [1.807, 2.05) is 74.5 Å². The maximum absolute atomic E-state index is 12.6. The van der Waals surface area contributed by atoms with Crippen molar-refractivity contribution < 1.29 is 29.8 Å². The molecule has 0 saturated heterocycles. The van der Waals surface area contributed by atoms with E-state index in [1.165, 1.54) is 18.2 Å². The lowest BCUT2D eigenvalue weighted by Crippen LogP contribution is -2.22. The van der Waals surface area contributed by atoms with E-state index in [-0.39, 0.29) is 14.7 Å². The van der Waals surface area contributed by atoms with E-state index in [4.69, 9.17) is 21.4 Å². The largest absolute Gasteiger partial charge is 0.367 e. The van der Waals surface area contributed by atoms with Gasteiger partial charge in [-0.1, -0.05) is 66.7 Å². The number of anilines is 2. The molecule has 5 rings (SSSR count). The Bertz CT molecular complexity index is 2210. The molecule has 0 amide bonds. The maximum atomic E-state index is 12.6. The van der Waals surface area contributed by atoms with Gasteiger partial charge in [0, 0.05) is 64.8 Å². The number of rotatable bonds is 14. The molecule has 0 spiro atoms. The molecule has 0 saturated carbocycles. The molecule has 0 aromatic heterocycles. The molecular formula is C37H36Cl2N2O7S3. The van der Waals surface area contributed by atoms with Crippen molar-refractivity contribution in [3.8, 4) is 0 Å². The Morgan fingerprint density at radius 1 is 0.569 bits per heavy atom. The lowest BCUT2D eigenvalue weighted by atomic mass is 9.85. The van der Waals surface area contributed by atoms with Crippen LogP contribution < -0.4 is 9.80 Å². The highest BCUT2D eigenvalue weighted by molar-refractivity contribution is 8.14. The van der Waals surface area contributed by atoms with Gasteiger partial charge in [0.25, 0.3) is 28.2 Å². The highest BCUT2D eigenvalue weighted by atomic mass is 35.7. The first-order valence-electron chi connectivity index (χ1n) is 15.9. The Labute approximate surface area is 308 Å². The molecule has 0 aliphatic rings. The van der Waals surface area contributed by atoms with Crippen molar-refractivity contribution in [2.24, 2.45) is 0 Å². The molecule has 5 aromatic carbocycles. The third-order valence-electron chi connectivity index (χ3n) is 8.56. The molecule has 0 unspecified atom stereocenters. The van der Waals surface area contributed by atoms with Gasteiger partial charge in [-0.3, -0.25) is 4.55 Å². The van der Waals surface area contributed by atoms with Gasteiger partial charge < -0.3 is 9.80 Å². The zero-order chi connectivity index (χ0) is 37.0. The van der Waals surface area contributed by atoms with E-state index in [0.29, 0.717) is 31.7 Å². The van der Waals surface area contributed by atoms with Gasteiger partial charge in [0.2, 0.25) is 0 Å².